The van der Waals surface area contributed by atoms with Crippen LogP contribution in [0.2, 0.25) is 0 Å². The largest absolute Gasteiger partial charge is 0.478 e. The molecule has 0 aliphatic carbocycles. The summed E-state index contributed by atoms with van der Waals surface area (Å²) < 4.78 is 0. The number of hydrogen-bond acceptors (Lipinski definition) is 3. The molecule has 2 rings (SSSR count). The topological polar surface area (TPSA) is 69.6 Å². The molecule has 0 amide bonds. The Morgan fingerprint density at radius 3 is 2.45 bits per heavy atom. The van der Waals surface area contributed by atoms with Crippen LogP contribution < -0.4 is 5.32 Å². The van der Waals surface area contributed by atoms with Crippen LogP contribution in [0.15, 0.2) is 54.6 Å². The third-order valence-electron chi connectivity index (χ3n) is 3.67. The summed E-state index contributed by atoms with van der Waals surface area (Å²) >= 11 is 0. The molecule has 0 aliphatic heterocycles. The van der Waals surface area contributed by atoms with E-state index in [0.717, 1.165) is 11.1 Å². The van der Waals surface area contributed by atoms with Gasteiger partial charge in [-0.3, -0.25) is 0 Å². The van der Waals surface area contributed by atoms with Crippen molar-refractivity contribution in [3.63, 3.8) is 0 Å². The van der Waals surface area contributed by atoms with Crippen molar-refractivity contribution in [2.75, 3.05) is 0 Å². The van der Waals surface area contributed by atoms with Gasteiger partial charge in [0.05, 0.1) is 11.7 Å². The van der Waals surface area contributed by atoms with Crippen molar-refractivity contribution in [1.29, 1.82) is 0 Å². The summed E-state index contributed by atoms with van der Waals surface area (Å²) in [4.78, 5) is 10.9. The first-order valence-electron chi connectivity index (χ1n) is 7.34. The number of carbonyl (C=O) groups is 1. The van der Waals surface area contributed by atoms with Gasteiger partial charge in [-0.15, -0.1) is 0 Å². The van der Waals surface area contributed by atoms with Crippen LogP contribution in [0.3, 0.4) is 0 Å². The van der Waals surface area contributed by atoms with Crippen molar-refractivity contribution < 1.29 is 15.0 Å². The molecule has 0 saturated carbocycles. The molecule has 4 nitrogen and oxygen atoms in total. The maximum Gasteiger partial charge on any atom is 0.335 e. The Kier molecular flexibility index (Phi) is 5.69. The first kappa shape index (κ1) is 16.2. The summed E-state index contributed by atoms with van der Waals surface area (Å²) in [5, 5.41) is 22.5. The fourth-order valence-electron chi connectivity index (χ4n) is 2.26. The summed E-state index contributed by atoms with van der Waals surface area (Å²) in [6, 6.07) is 16.6. The number of nitrogens with one attached hydrogen (secondary N) is 1. The van der Waals surface area contributed by atoms with E-state index in [1.54, 1.807) is 18.2 Å². The van der Waals surface area contributed by atoms with Gasteiger partial charge in [0.2, 0.25) is 0 Å². The van der Waals surface area contributed by atoms with E-state index in [-0.39, 0.29) is 11.6 Å². The molecule has 0 radical (unpaired) electrons. The molecular weight excluding hydrogens is 278 g/mol. The average Bonchev–Trinajstić information content (AvgIpc) is 2.53. The molecule has 0 spiro atoms. The minimum atomic E-state index is -0.931. The van der Waals surface area contributed by atoms with Crippen LogP contribution in [0.1, 0.15) is 28.4 Å². The SMILES string of the molecule is CC(NCc1cccc(C(=O)O)c1)C(O)Cc1ccccc1. The predicted octanol–water partition coefficient (Wildman–Crippen LogP) is 2.47. The fourth-order valence-corrected chi connectivity index (χ4v) is 2.26. The van der Waals surface area contributed by atoms with E-state index in [2.05, 4.69) is 5.32 Å². The Hall–Kier alpha value is -2.17. The highest BCUT2D eigenvalue weighted by Crippen LogP contribution is 2.08. The zero-order valence-corrected chi connectivity index (χ0v) is 12.6. The fraction of sp³-hybridized carbons (Fsp3) is 0.278. The van der Waals surface area contributed by atoms with Crippen molar-refractivity contribution in [3.05, 3.63) is 71.3 Å². The third kappa shape index (κ3) is 4.69. The van der Waals surface area contributed by atoms with Crippen molar-refractivity contribution in [1.82, 2.24) is 5.32 Å². The molecule has 2 aromatic rings. The lowest BCUT2D eigenvalue weighted by Crippen LogP contribution is -2.38. The number of aromatic carboxylic acids is 1. The van der Waals surface area contributed by atoms with E-state index in [0.29, 0.717) is 13.0 Å². The zero-order chi connectivity index (χ0) is 15.9. The Labute approximate surface area is 130 Å². The second kappa shape index (κ2) is 7.73. The molecular formula is C18H21NO3. The number of aliphatic hydroxyl groups excluding tert-OH is 1. The van der Waals surface area contributed by atoms with Crippen molar-refractivity contribution >= 4 is 5.97 Å². The number of hydrogen-bond donors (Lipinski definition) is 3. The van der Waals surface area contributed by atoms with Gasteiger partial charge in [0.15, 0.2) is 0 Å². The Balaban J connectivity index is 1.88. The van der Waals surface area contributed by atoms with Crippen LogP contribution in [0.25, 0.3) is 0 Å². The lowest BCUT2D eigenvalue weighted by atomic mass is 10.0. The smallest absolute Gasteiger partial charge is 0.335 e. The van der Waals surface area contributed by atoms with Gasteiger partial charge in [-0.25, -0.2) is 4.79 Å². The van der Waals surface area contributed by atoms with E-state index in [4.69, 9.17) is 5.11 Å². The maximum atomic E-state index is 10.9. The monoisotopic (exact) mass is 299 g/mol. The standard InChI is InChI=1S/C18H21NO3/c1-13(17(20)11-14-6-3-2-4-7-14)19-12-15-8-5-9-16(10-15)18(21)22/h2-10,13,17,19-20H,11-12H2,1H3,(H,21,22). The summed E-state index contributed by atoms with van der Waals surface area (Å²) in [6.07, 6.45) is 0.0922. The Morgan fingerprint density at radius 2 is 1.77 bits per heavy atom. The van der Waals surface area contributed by atoms with Crippen LogP contribution in [-0.4, -0.2) is 28.3 Å². The van der Waals surface area contributed by atoms with Gasteiger partial charge in [0.1, 0.15) is 0 Å². The summed E-state index contributed by atoms with van der Waals surface area (Å²) in [7, 11) is 0. The molecule has 0 aromatic heterocycles. The molecule has 22 heavy (non-hydrogen) atoms. The van der Waals surface area contributed by atoms with Gasteiger partial charge >= 0.3 is 5.97 Å². The molecule has 0 aliphatic rings. The molecule has 2 atom stereocenters. The van der Waals surface area contributed by atoms with Gasteiger partial charge in [-0.2, -0.15) is 0 Å². The number of carboxylic acids is 1. The summed E-state index contributed by atoms with van der Waals surface area (Å²) in [5.74, 6) is -0.931. The van der Waals surface area contributed by atoms with E-state index >= 15 is 0 Å². The Morgan fingerprint density at radius 1 is 1.09 bits per heavy atom. The lowest BCUT2D eigenvalue weighted by molar-refractivity contribution is 0.0696. The lowest BCUT2D eigenvalue weighted by Gasteiger charge is -2.20. The van der Waals surface area contributed by atoms with Crippen molar-refractivity contribution in [3.8, 4) is 0 Å². The van der Waals surface area contributed by atoms with E-state index < -0.39 is 12.1 Å². The first-order valence-corrected chi connectivity index (χ1v) is 7.34. The number of rotatable bonds is 7. The molecule has 0 saturated heterocycles. The highest BCUT2D eigenvalue weighted by molar-refractivity contribution is 5.87. The van der Waals surface area contributed by atoms with E-state index in [9.17, 15) is 9.90 Å². The highest BCUT2D eigenvalue weighted by Gasteiger charge is 2.14. The molecule has 0 heterocycles. The van der Waals surface area contributed by atoms with Gasteiger partial charge < -0.3 is 15.5 Å². The van der Waals surface area contributed by atoms with Gasteiger partial charge in [0, 0.05) is 12.6 Å². The molecule has 2 aromatic carbocycles. The number of carboxylic acid groups (broad SMARTS) is 1. The quantitative estimate of drug-likeness (QED) is 0.734. The van der Waals surface area contributed by atoms with Gasteiger partial charge in [0.25, 0.3) is 0 Å². The zero-order valence-electron chi connectivity index (χ0n) is 12.6. The van der Waals surface area contributed by atoms with Crippen molar-refractivity contribution in [2.45, 2.75) is 32.0 Å². The second-order valence-corrected chi connectivity index (χ2v) is 5.43. The normalized spacial score (nSPS) is 13.5. The molecule has 4 heteroatoms. The van der Waals surface area contributed by atoms with Crippen molar-refractivity contribution in [2.24, 2.45) is 0 Å². The van der Waals surface area contributed by atoms with Crippen LogP contribution in [0.4, 0.5) is 0 Å². The average molecular weight is 299 g/mol. The predicted molar refractivity (Wildman–Crippen MR) is 85.9 cm³/mol. The van der Waals surface area contributed by atoms with E-state index in [1.165, 1.54) is 0 Å². The minimum Gasteiger partial charge on any atom is -0.478 e. The maximum absolute atomic E-state index is 10.9. The van der Waals surface area contributed by atoms with Gasteiger partial charge in [-0.05, 0) is 36.6 Å². The molecule has 116 valence electrons. The van der Waals surface area contributed by atoms with Crippen LogP contribution >= 0.6 is 0 Å². The number of aliphatic hydroxyl groups is 1. The molecule has 3 N–H and O–H groups in total. The highest BCUT2D eigenvalue weighted by atomic mass is 16.4. The van der Waals surface area contributed by atoms with E-state index in [1.807, 2.05) is 43.3 Å². The number of benzene rings is 2. The van der Waals surface area contributed by atoms with Crippen LogP contribution in [0, 0.1) is 0 Å². The van der Waals surface area contributed by atoms with Crippen LogP contribution in [0.5, 0.6) is 0 Å². The Bertz CT molecular complexity index is 613. The first-order chi connectivity index (χ1) is 10.6. The molecule has 2 unspecified atom stereocenters. The summed E-state index contributed by atoms with van der Waals surface area (Å²) in [6.45, 7) is 2.45. The molecule has 0 fully saturated rings. The van der Waals surface area contributed by atoms with Crippen LogP contribution in [-0.2, 0) is 13.0 Å². The minimum absolute atomic E-state index is 0.0892. The second-order valence-electron chi connectivity index (χ2n) is 5.43. The summed E-state index contributed by atoms with van der Waals surface area (Å²) in [5.41, 5.74) is 2.26. The third-order valence-corrected chi connectivity index (χ3v) is 3.67. The van der Waals surface area contributed by atoms with Gasteiger partial charge in [-0.1, -0.05) is 42.5 Å². The molecule has 0 bridgehead atoms.